The molecule has 0 unspecified atom stereocenters. The minimum Gasteiger partial charge on any atom is -0.397 e. The summed E-state index contributed by atoms with van der Waals surface area (Å²) in [6.45, 7) is 1.88. The van der Waals surface area contributed by atoms with Gasteiger partial charge in [0.2, 0.25) is 0 Å². The van der Waals surface area contributed by atoms with Crippen molar-refractivity contribution < 1.29 is 13.0 Å². The fourth-order valence-corrected chi connectivity index (χ4v) is 2.68. The Balaban J connectivity index is 1.98. The fraction of sp³-hybridized carbons (Fsp3) is 0.0625. The molecule has 7 nitrogen and oxygen atoms in total. The minimum absolute atomic E-state index is 0.195. The molecule has 0 saturated carbocycles. The summed E-state index contributed by atoms with van der Waals surface area (Å²) in [7, 11) is -4.22. The number of nitrogen functional groups attached to an aromatic ring is 1. The third-order valence-corrected chi connectivity index (χ3v) is 4.28. The first kappa shape index (κ1) is 16.0. The molecule has 24 heavy (non-hydrogen) atoms. The van der Waals surface area contributed by atoms with E-state index >= 15 is 0 Å². The van der Waals surface area contributed by atoms with E-state index in [-0.39, 0.29) is 4.90 Å². The van der Waals surface area contributed by atoms with Crippen LogP contribution in [0.15, 0.2) is 63.7 Å². The molecule has 0 fully saturated rings. The van der Waals surface area contributed by atoms with Gasteiger partial charge in [-0.2, -0.15) is 13.5 Å². The average molecular weight is 342 g/mol. The van der Waals surface area contributed by atoms with Crippen LogP contribution >= 0.6 is 0 Å². The van der Waals surface area contributed by atoms with E-state index < -0.39 is 10.1 Å². The number of hydrogen-bond donors (Lipinski definition) is 2. The van der Waals surface area contributed by atoms with Crippen molar-refractivity contribution in [2.24, 2.45) is 10.2 Å². The van der Waals surface area contributed by atoms with Crippen LogP contribution in [0.4, 0.5) is 17.1 Å². The number of anilines is 1. The highest BCUT2D eigenvalue weighted by Gasteiger charge is 2.08. The van der Waals surface area contributed by atoms with E-state index in [0.29, 0.717) is 22.6 Å². The predicted molar refractivity (Wildman–Crippen MR) is 91.3 cm³/mol. The standard InChI is InChI=1S/C16H14N4O3S/c1-10-2-7-13-15(9-8-14(17)16(13)18-10)20-19-11-3-5-12(6-4-11)24(21,22)23/h2-9H,17H2,1H3,(H,21,22,23). The van der Waals surface area contributed by atoms with E-state index in [0.717, 1.165) is 11.1 Å². The summed E-state index contributed by atoms with van der Waals surface area (Å²) >= 11 is 0. The van der Waals surface area contributed by atoms with Gasteiger partial charge in [0.05, 0.1) is 27.5 Å². The van der Waals surface area contributed by atoms with Crippen molar-refractivity contribution >= 4 is 38.1 Å². The summed E-state index contributed by atoms with van der Waals surface area (Å²) in [5.41, 5.74) is 9.07. The Labute approximate surface area is 138 Å². The monoisotopic (exact) mass is 342 g/mol. The van der Waals surface area contributed by atoms with Crippen molar-refractivity contribution in [2.75, 3.05) is 5.73 Å². The largest absolute Gasteiger partial charge is 0.397 e. The Bertz CT molecular complexity index is 1040. The number of azo groups is 1. The molecule has 0 radical (unpaired) electrons. The molecule has 3 rings (SSSR count). The van der Waals surface area contributed by atoms with Crippen molar-refractivity contribution in [1.29, 1.82) is 0 Å². The fourth-order valence-electron chi connectivity index (χ4n) is 2.20. The molecule has 0 atom stereocenters. The van der Waals surface area contributed by atoms with Crippen LogP contribution in [0.3, 0.4) is 0 Å². The van der Waals surface area contributed by atoms with Crippen molar-refractivity contribution in [1.82, 2.24) is 4.98 Å². The Morgan fingerprint density at radius 3 is 2.38 bits per heavy atom. The van der Waals surface area contributed by atoms with Crippen LogP contribution in [-0.2, 0) is 10.1 Å². The summed E-state index contributed by atoms with van der Waals surface area (Å²) in [5, 5.41) is 9.04. The maximum absolute atomic E-state index is 11.0. The highest BCUT2D eigenvalue weighted by molar-refractivity contribution is 7.85. The van der Waals surface area contributed by atoms with Crippen LogP contribution in [-0.4, -0.2) is 18.0 Å². The quantitative estimate of drug-likeness (QED) is 0.426. The topological polar surface area (TPSA) is 118 Å². The molecule has 8 heteroatoms. The van der Waals surface area contributed by atoms with Gasteiger partial charge in [-0.3, -0.25) is 9.54 Å². The first-order valence-electron chi connectivity index (χ1n) is 7.00. The molecule has 3 aromatic rings. The molecule has 0 aliphatic heterocycles. The van der Waals surface area contributed by atoms with E-state index in [1.807, 2.05) is 19.1 Å². The molecule has 0 aliphatic rings. The third kappa shape index (κ3) is 3.24. The molecular formula is C16H14N4O3S. The van der Waals surface area contributed by atoms with Crippen LogP contribution < -0.4 is 5.73 Å². The number of aryl methyl sites for hydroxylation is 1. The summed E-state index contributed by atoms with van der Waals surface area (Å²) in [4.78, 5) is 4.21. The average Bonchev–Trinajstić information content (AvgIpc) is 2.54. The zero-order valence-corrected chi connectivity index (χ0v) is 13.5. The van der Waals surface area contributed by atoms with Crippen LogP contribution in [0.2, 0.25) is 0 Å². The smallest absolute Gasteiger partial charge is 0.294 e. The number of nitrogens with zero attached hydrogens (tertiary/aromatic N) is 3. The van der Waals surface area contributed by atoms with Crippen molar-refractivity contribution in [3.05, 3.63) is 54.2 Å². The number of aromatic nitrogens is 1. The van der Waals surface area contributed by atoms with Crippen LogP contribution in [0.25, 0.3) is 10.9 Å². The number of benzene rings is 2. The zero-order valence-electron chi connectivity index (χ0n) is 12.7. The Morgan fingerprint density at radius 2 is 1.71 bits per heavy atom. The highest BCUT2D eigenvalue weighted by atomic mass is 32.2. The molecule has 3 N–H and O–H groups in total. The summed E-state index contributed by atoms with van der Waals surface area (Å²) in [5.74, 6) is 0. The van der Waals surface area contributed by atoms with Crippen LogP contribution in [0, 0.1) is 6.92 Å². The van der Waals surface area contributed by atoms with Gasteiger partial charge in [0.1, 0.15) is 0 Å². The summed E-state index contributed by atoms with van der Waals surface area (Å²) in [6.07, 6.45) is 0. The lowest BCUT2D eigenvalue weighted by Crippen LogP contribution is -1.96. The third-order valence-electron chi connectivity index (χ3n) is 3.41. The zero-order chi connectivity index (χ0) is 17.3. The van der Waals surface area contributed by atoms with Crippen molar-refractivity contribution in [3.8, 4) is 0 Å². The summed E-state index contributed by atoms with van der Waals surface area (Å²) in [6, 6.07) is 12.6. The van der Waals surface area contributed by atoms with Gasteiger partial charge in [-0.25, -0.2) is 0 Å². The Kier molecular flexibility index (Phi) is 4.00. The molecule has 1 aromatic heterocycles. The number of nitrogens with two attached hydrogens (primary N) is 1. The van der Waals surface area contributed by atoms with Gasteiger partial charge in [-0.1, -0.05) is 0 Å². The van der Waals surface area contributed by atoms with Gasteiger partial charge in [0, 0.05) is 11.1 Å². The van der Waals surface area contributed by atoms with E-state index in [4.69, 9.17) is 10.3 Å². The molecule has 0 spiro atoms. The second-order valence-corrected chi connectivity index (χ2v) is 6.61. The minimum atomic E-state index is -4.22. The van der Waals surface area contributed by atoms with Gasteiger partial charge in [0.25, 0.3) is 10.1 Å². The van der Waals surface area contributed by atoms with Gasteiger partial charge in [0.15, 0.2) is 0 Å². The van der Waals surface area contributed by atoms with E-state index in [9.17, 15) is 8.42 Å². The number of hydrogen-bond acceptors (Lipinski definition) is 6. The van der Waals surface area contributed by atoms with Crippen LogP contribution in [0.1, 0.15) is 5.69 Å². The second kappa shape index (κ2) is 5.99. The SMILES string of the molecule is Cc1ccc2c(N=Nc3ccc(S(=O)(=O)O)cc3)ccc(N)c2n1. The Hall–Kier alpha value is -2.84. The van der Waals surface area contributed by atoms with E-state index in [1.54, 1.807) is 12.1 Å². The first-order valence-corrected chi connectivity index (χ1v) is 8.44. The Morgan fingerprint density at radius 1 is 1.00 bits per heavy atom. The first-order chi connectivity index (χ1) is 11.3. The van der Waals surface area contributed by atoms with Crippen molar-refractivity contribution in [2.45, 2.75) is 11.8 Å². The lowest BCUT2D eigenvalue weighted by Gasteiger charge is -2.05. The molecule has 0 bridgehead atoms. The van der Waals surface area contributed by atoms with Gasteiger partial charge in [-0.05, 0) is 55.5 Å². The maximum Gasteiger partial charge on any atom is 0.294 e. The highest BCUT2D eigenvalue weighted by Crippen LogP contribution is 2.30. The molecule has 2 aromatic carbocycles. The van der Waals surface area contributed by atoms with Crippen molar-refractivity contribution in [3.63, 3.8) is 0 Å². The predicted octanol–water partition coefficient (Wildman–Crippen LogP) is 3.79. The molecular weight excluding hydrogens is 328 g/mol. The van der Waals surface area contributed by atoms with Gasteiger partial charge < -0.3 is 5.73 Å². The molecule has 122 valence electrons. The van der Waals surface area contributed by atoms with E-state index in [1.165, 1.54) is 24.3 Å². The van der Waals surface area contributed by atoms with Crippen LogP contribution in [0.5, 0.6) is 0 Å². The lowest BCUT2D eigenvalue weighted by molar-refractivity contribution is 0.483. The molecule has 0 aliphatic carbocycles. The molecule has 0 amide bonds. The maximum atomic E-state index is 11.0. The number of fused-ring (bicyclic) bond motifs is 1. The van der Waals surface area contributed by atoms with Gasteiger partial charge in [-0.15, -0.1) is 5.11 Å². The number of pyridine rings is 1. The molecule has 0 saturated heterocycles. The second-order valence-electron chi connectivity index (χ2n) is 5.19. The van der Waals surface area contributed by atoms with Gasteiger partial charge >= 0.3 is 0 Å². The molecule has 1 heterocycles. The number of rotatable bonds is 3. The lowest BCUT2D eigenvalue weighted by atomic mass is 10.1. The van der Waals surface area contributed by atoms with E-state index in [2.05, 4.69) is 15.2 Å². The normalized spacial score (nSPS) is 12.1. The summed E-state index contributed by atoms with van der Waals surface area (Å²) < 4.78 is 31.0.